The molecule has 4 nitrogen and oxygen atoms in total. The van der Waals surface area contributed by atoms with Gasteiger partial charge in [-0.1, -0.05) is 77.9 Å². The Hall–Kier alpha value is -3.21. The van der Waals surface area contributed by atoms with Crippen molar-refractivity contribution in [3.63, 3.8) is 0 Å². The van der Waals surface area contributed by atoms with Crippen molar-refractivity contribution >= 4 is 11.5 Å². The first-order valence-electron chi connectivity index (χ1n) is 12.1. The smallest absolute Gasteiger partial charge is 0.251 e. The number of benzene rings is 3. The molecule has 0 aliphatic carbocycles. The molecule has 1 saturated heterocycles. The summed E-state index contributed by atoms with van der Waals surface area (Å²) in [7, 11) is 0. The Labute approximate surface area is 202 Å². The van der Waals surface area contributed by atoms with Crippen LogP contribution in [0, 0.1) is 6.92 Å². The van der Waals surface area contributed by atoms with Gasteiger partial charge in [-0.2, -0.15) is 0 Å². The molecule has 1 aliphatic heterocycles. The second kappa shape index (κ2) is 11.3. The predicted octanol–water partition coefficient (Wildman–Crippen LogP) is 5.38. The van der Waals surface area contributed by atoms with Gasteiger partial charge in [0, 0.05) is 25.2 Å². The van der Waals surface area contributed by atoms with Crippen LogP contribution >= 0.6 is 0 Å². The van der Waals surface area contributed by atoms with Crippen LogP contribution in [0.4, 0.5) is 0 Å². The van der Waals surface area contributed by atoms with E-state index in [9.17, 15) is 9.90 Å². The van der Waals surface area contributed by atoms with E-state index in [1.807, 2.05) is 37.3 Å². The summed E-state index contributed by atoms with van der Waals surface area (Å²) in [4.78, 5) is 14.9. The average molecular weight is 455 g/mol. The number of carbonyl (C=O) groups excluding carboxylic acids is 1. The molecule has 176 valence electrons. The van der Waals surface area contributed by atoms with E-state index in [0.717, 1.165) is 38.0 Å². The van der Waals surface area contributed by atoms with Crippen LogP contribution in [-0.2, 0) is 0 Å². The minimum absolute atomic E-state index is 0.0609. The summed E-state index contributed by atoms with van der Waals surface area (Å²) in [6, 6.07) is 26.6. The van der Waals surface area contributed by atoms with Crippen LogP contribution in [0.1, 0.15) is 58.4 Å². The number of rotatable bonds is 7. The van der Waals surface area contributed by atoms with Crippen LogP contribution in [0.3, 0.4) is 0 Å². The van der Waals surface area contributed by atoms with Crippen molar-refractivity contribution in [2.75, 3.05) is 26.2 Å². The third-order valence-electron chi connectivity index (χ3n) is 6.65. The summed E-state index contributed by atoms with van der Waals surface area (Å²) in [6.45, 7) is 7.05. The van der Waals surface area contributed by atoms with Crippen molar-refractivity contribution in [2.24, 2.45) is 0 Å². The van der Waals surface area contributed by atoms with Gasteiger partial charge < -0.3 is 15.3 Å². The summed E-state index contributed by atoms with van der Waals surface area (Å²) in [6.07, 6.45) is 2.02. The van der Waals surface area contributed by atoms with Gasteiger partial charge in [-0.3, -0.25) is 4.79 Å². The number of nitrogens with one attached hydrogen (secondary N) is 1. The molecule has 34 heavy (non-hydrogen) atoms. The topological polar surface area (TPSA) is 52.6 Å². The lowest BCUT2D eigenvalue weighted by atomic mass is 9.87. The van der Waals surface area contributed by atoms with Crippen molar-refractivity contribution in [3.8, 4) is 0 Å². The Balaban J connectivity index is 1.57. The number of hydrogen-bond acceptors (Lipinski definition) is 3. The van der Waals surface area contributed by atoms with Gasteiger partial charge in [-0.25, -0.2) is 0 Å². The van der Waals surface area contributed by atoms with Gasteiger partial charge in [0.05, 0.1) is 12.6 Å². The Morgan fingerprint density at radius 2 is 1.47 bits per heavy atom. The highest BCUT2D eigenvalue weighted by Gasteiger charge is 2.19. The zero-order valence-electron chi connectivity index (χ0n) is 20.1. The quantitative estimate of drug-likeness (QED) is 0.504. The molecular weight excluding hydrogens is 420 g/mol. The fourth-order valence-corrected chi connectivity index (χ4v) is 4.62. The van der Waals surface area contributed by atoms with Crippen LogP contribution in [0.25, 0.3) is 5.57 Å². The molecule has 3 aromatic carbocycles. The summed E-state index contributed by atoms with van der Waals surface area (Å²) < 4.78 is 0. The first kappa shape index (κ1) is 23.9. The highest BCUT2D eigenvalue weighted by atomic mass is 16.3. The Kier molecular flexibility index (Phi) is 7.94. The number of nitrogens with zero attached hydrogens (tertiary/aromatic N) is 1. The van der Waals surface area contributed by atoms with Gasteiger partial charge in [0.15, 0.2) is 0 Å². The highest BCUT2D eigenvalue weighted by molar-refractivity contribution is 5.94. The predicted molar refractivity (Wildman–Crippen MR) is 139 cm³/mol. The summed E-state index contributed by atoms with van der Waals surface area (Å²) in [5, 5.41) is 12.4. The molecule has 0 radical (unpaired) electrons. The van der Waals surface area contributed by atoms with Crippen LogP contribution in [0.5, 0.6) is 0 Å². The number of aliphatic hydroxyl groups excluding tert-OH is 1. The van der Waals surface area contributed by atoms with Crippen LogP contribution in [0.15, 0.2) is 84.4 Å². The maximum absolute atomic E-state index is 12.6. The standard InChI is InChI=1S/C30H34N2O2/c1-22-8-10-25(11-9-22)29(27-16-18-32(19-17-27)20-21-33)26-14-12-24(13-15-26)23(2)31-30(34)28-6-4-3-5-7-28/h3-15,23,33H,16-21H2,1-2H3,(H,31,34). The van der Waals surface area contributed by atoms with Crippen molar-refractivity contribution in [3.05, 3.63) is 112 Å². The molecule has 1 fully saturated rings. The zero-order chi connectivity index (χ0) is 23.9. The van der Waals surface area contributed by atoms with Crippen LogP contribution < -0.4 is 5.32 Å². The normalized spacial score (nSPS) is 15.1. The number of piperidine rings is 1. The van der Waals surface area contributed by atoms with Crippen molar-refractivity contribution < 1.29 is 9.90 Å². The zero-order valence-corrected chi connectivity index (χ0v) is 20.1. The number of β-amino-alcohol motifs (C(OH)–C–C–N with tert-alkyl or cyclic N) is 1. The van der Waals surface area contributed by atoms with E-state index in [4.69, 9.17) is 0 Å². The minimum Gasteiger partial charge on any atom is -0.395 e. The van der Waals surface area contributed by atoms with Gasteiger partial charge >= 0.3 is 0 Å². The molecule has 4 heteroatoms. The number of amides is 1. The first-order valence-corrected chi connectivity index (χ1v) is 12.1. The van der Waals surface area contributed by atoms with Gasteiger partial charge in [-0.05, 0) is 61.1 Å². The molecule has 1 unspecified atom stereocenters. The third kappa shape index (κ3) is 5.82. The summed E-state index contributed by atoms with van der Waals surface area (Å²) in [5.74, 6) is -0.0609. The molecule has 4 rings (SSSR count). The van der Waals surface area contributed by atoms with Crippen LogP contribution in [-0.4, -0.2) is 42.2 Å². The van der Waals surface area contributed by atoms with Gasteiger partial charge in [0.1, 0.15) is 0 Å². The maximum atomic E-state index is 12.6. The number of aryl methyl sites for hydroxylation is 1. The lowest BCUT2D eigenvalue weighted by Gasteiger charge is -2.29. The first-order chi connectivity index (χ1) is 16.5. The van der Waals surface area contributed by atoms with E-state index >= 15 is 0 Å². The molecule has 0 bridgehead atoms. The number of aliphatic hydroxyl groups is 1. The second-order valence-electron chi connectivity index (χ2n) is 9.09. The molecule has 0 spiro atoms. The maximum Gasteiger partial charge on any atom is 0.251 e. The summed E-state index contributed by atoms with van der Waals surface area (Å²) >= 11 is 0. The van der Waals surface area contributed by atoms with E-state index in [1.54, 1.807) is 0 Å². The largest absolute Gasteiger partial charge is 0.395 e. The fourth-order valence-electron chi connectivity index (χ4n) is 4.62. The molecule has 1 aliphatic rings. The van der Waals surface area contributed by atoms with Gasteiger partial charge in [-0.15, -0.1) is 0 Å². The lowest BCUT2D eigenvalue weighted by molar-refractivity contribution is 0.0940. The fraction of sp³-hybridized carbons (Fsp3) is 0.300. The highest BCUT2D eigenvalue weighted by Crippen LogP contribution is 2.33. The molecule has 0 aromatic heterocycles. The van der Waals surface area contributed by atoms with E-state index in [-0.39, 0.29) is 18.6 Å². The van der Waals surface area contributed by atoms with E-state index < -0.39 is 0 Å². The summed E-state index contributed by atoms with van der Waals surface area (Å²) in [5.41, 5.74) is 8.25. The third-order valence-corrected chi connectivity index (χ3v) is 6.65. The minimum atomic E-state index is -0.0843. The molecular formula is C30H34N2O2. The molecule has 2 N–H and O–H groups in total. The molecule has 1 amide bonds. The average Bonchev–Trinajstić information content (AvgIpc) is 2.87. The van der Waals surface area contributed by atoms with E-state index in [1.165, 1.54) is 27.8 Å². The SMILES string of the molecule is Cc1ccc(C(=C2CCN(CCO)CC2)c2ccc(C(C)NC(=O)c3ccccc3)cc2)cc1. The number of carbonyl (C=O) groups is 1. The molecule has 3 aromatic rings. The van der Waals surface area contributed by atoms with Crippen molar-refractivity contribution in [1.82, 2.24) is 10.2 Å². The Morgan fingerprint density at radius 3 is 2.06 bits per heavy atom. The van der Waals surface area contributed by atoms with Crippen LogP contribution in [0.2, 0.25) is 0 Å². The van der Waals surface area contributed by atoms with Gasteiger partial charge in [0.25, 0.3) is 5.91 Å². The molecule has 0 saturated carbocycles. The molecule has 1 atom stereocenters. The monoisotopic (exact) mass is 454 g/mol. The Bertz CT molecular complexity index is 1110. The lowest BCUT2D eigenvalue weighted by Crippen LogP contribution is -2.33. The Morgan fingerprint density at radius 1 is 0.882 bits per heavy atom. The van der Waals surface area contributed by atoms with Crippen molar-refractivity contribution in [2.45, 2.75) is 32.7 Å². The second-order valence-corrected chi connectivity index (χ2v) is 9.09. The molecule has 1 heterocycles. The van der Waals surface area contributed by atoms with E-state index in [2.05, 4.69) is 65.7 Å². The van der Waals surface area contributed by atoms with Crippen molar-refractivity contribution in [1.29, 1.82) is 0 Å². The van der Waals surface area contributed by atoms with E-state index in [0.29, 0.717) is 5.56 Å². The number of hydrogen-bond donors (Lipinski definition) is 2. The van der Waals surface area contributed by atoms with Gasteiger partial charge in [0.2, 0.25) is 0 Å². The number of likely N-dealkylation sites (tertiary alicyclic amines) is 1.